The number of amidine groups is 1. The Morgan fingerprint density at radius 2 is 2.11 bits per heavy atom. The van der Waals surface area contributed by atoms with Crippen LogP contribution >= 0.6 is 0 Å². The maximum Gasteiger partial charge on any atom is 0.405 e. The van der Waals surface area contributed by atoms with Crippen LogP contribution in [0.3, 0.4) is 0 Å². The first-order valence-electron chi connectivity index (χ1n) is 5.45. The largest absolute Gasteiger partial charge is 0.405 e. The maximum atomic E-state index is 12.4. The van der Waals surface area contributed by atoms with Crippen molar-refractivity contribution in [3.63, 3.8) is 0 Å². The van der Waals surface area contributed by atoms with Crippen LogP contribution in [-0.4, -0.2) is 30.1 Å². The molecular weight excluding hydrogens is 245 g/mol. The zero-order valence-electron chi connectivity index (χ0n) is 9.96. The molecule has 0 bridgehead atoms. The molecule has 0 radical (unpaired) electrons. The van der Waals surface area contributed by atoms with E-state index in [-0.39, 0.29) is 11.5 Å². The van der Waals surface area contributed by atoms with Gasteiger partial charge in [-0.3, -0.25) is 10.4 Å². The molecule has 18 heavy (non-hydrogen) atoms. The van der Waals surface area contributed by atoms with Gasteiger partial charge in [0, 0.05) is 6.54 Å². The van der Waals surface area contributed by atoms with Crippen LogP contribution in [0.15, 0.2) is 18.3 Å². The van der Waals surface area contributed by atoms with Gasteiger partial charge in [-0.05, 0) is 18.6 Å². The molecule has 0 saturated carbocycles. The molecule has 1 heterocycles. The van der Waals surface area contributed by atoms with Crippen LogP contribution in [0.25, 0.3) is 0 Å². The zero-order valence-corrected chi connectivity index (χ0v) is 9.96. The highest BCUT2D eigenvalue weighted by atomic mass is 19.4. The number of pyridine rings is 1. The van der Waals surface area contributed by atoms with E-state index in [9.17, 15) is 13.2 Å². The van der Waals surface area contributed by atoms with E-state index in [2.05, 4.69) is 4.98 Å². The van der Waals surface area contributed by atoms with Gasteiger partial charge in [-0.25, -0.2) is 0 Å². The van der Waals surface area contributed by atoms with Crippen molar-refractivity contribution in [1.82, 2.24) is 4.98 Å². The molecule has 0 aliphatic rings. The summed E-state index contributed by atoms with van der Waals surface area (Å²) in [5.74, 6) is -0.209. The number of halogens is 3. The van der Waals surface area contributed by atoms with Gasteiger partial charge < -0.3 is 10.6 Å². The van der Waals surface area contributed by atoms with Crippen molar-refractivity contribution in [2.45, 2.75) is 19.5 Å². The Hall–Kier alpha value is -1.79. The lowest BCUT2D eigenvalue weighted by Crippen LogP contribution is -2.35. The molecule has 1 rings (SSSR count). The monoisotopic (exact) mass is 260 g/mol. The summed E-state index contributed by atoms with van der Waals surface area (Å²) in [5, 5.41) is 7.16. The fourth-order valence-corrected chi connectivity index (χ4v) is 1.52. The topological polar surface area (TPSA) is 66.0 Å². The molecule has 0 aliphatic heterocycles. The Kier molecular flexibility index (Phi) is 4.52. The number of anilines is 1. The molecule has 0 amide bonds. The van der Waals surface area contributed by atoms with Gasteiger partial charge in [-0.2, -0.15) is 13.2 Å². The van der Waals surface area contributed by atoms with E-state index in [4.69, 9.17) is 11.1 Å². The summed E-state index contributed by atoms with van der Waals surface area (Å²) < 4.78 is 37.2. The maximum absolute atomic E-state index is 12.4. The summed E-state index contributed by atoms with van der Waals surface area (Å²) >= 11 is 0. The quantitative estimate of drug-likeness (QED) is 0.629. The van der Waals surface area contributed by atoms with Gasteiger partial charge >= 0.3 is 6.18 Å². The standard InChI is InChI=1S/C11H15F3N4/c1-2-5-18(7-11(12,13)14)8-3-4-9(10(15)16)17-6-8/h3-4,6H,2,5,7H2,1H3,(H3,15,16). The second kappa shape index (κ2) is 5.70. The first-order chi connectivity index (χ1) is 8.33. The average molecular weight is 260 g/mol. The lowest BCUT2D eigenvalue weighted by atomic mass is 10.2. The molecule has 0 saturated heterocycles. The number of aromatic nitrogens is 1. The van der Waals surface area contributed by atoms with Crippen LogP contribution in [-0.2, 0) is 0 Å². The molecule has 1 aromatic rings. The molecule has 4 nitrogen and oxygen atoms in total. The first-order valence-corrected chi connectivity index (χ1v) is 5.45. The third-order valence-corrected chi connectivity index (χ3v) is 2.25. The van der Waals surface area contributed by atoms with Gasteiger partial charge in [-0.1, -0.05) is 6.92 Å². The van der Waals surface area contributed by atoms with Gasteiger partial charge in [-0.15, -0.1) is 0 Å². The minimum absolute atomic E-state index is 0.209. The predicted octanol–water partition coefficient (Wildman–Crippen LogP) is 2.14. The average Bonchev–Trinajstić information content (AvgIpc) is 2.27. The zero-order chi connectivity index (χ0) is 13.8. The number of hydrogen-bond donors (Lipinski definition) is 2. The van der Waals surface area contributed by atoms with Crippen LogP contribution < -0.4 is 10.6 Å². The van der Waals surface area contributed by atoms with Crippen LogP contribution in [0.5, 0.6) is 0 Å². The van der Waals surface area contributed by atoms with Crippen molar-refractivity contribution in [1.29, 1.82) is 5.41 Å². The van der Waals surface area contributed by atoms with E-state index in [0.717, 1.165) is 0 Å². The summed E-state index contributed by atoms with van der Waals surface area (Å²) in [6.07, 6.45) is -2.35. The first kappa shape index (κ1) is 14.3. The van der Waals surface area contributed by atoms with E-state index in [1.54, 1.807) is 6.92 Å². The highest BCUT2D eigenvalue weighted by molar-refractivity contribution is 5.93. The normalized spacial score (nSPS) is 11.3. The number of nitrogens with one attached hydrogen (secondary N) is 1. The fraction of sp³-hybridized carbons (Fsp3) is 0.455. The second-order valence-electron chi connectivity index (χ2n) is 3.85. The Balaban J connectivity index is 2.88. The molecular formula is C11H15F3N4. The number of nitrogens with zero attached hydrogens (tertiary/aromatic N) is 2. The summed E-state index contributed by atoms with van der Waals surface area (Å²) in [6, 6.07) is 2.93. The number of nitrogens with two attached hydrogens (primary N) is 1. The molecule has 1 aromatic heterocycles. The highest BCUT2D eigenvalue weighted by Crippen LogP contribution is 2.21. The van der Waals surface area contributed by atoms with Gasteiger partial charge in [0.05, 0.1) is 11.9 Å². The smallest absolute Gasteiger partial charge is 0.382 e. The van der Waals surface area contributed by atoms with E-state index in [0.29, 0.717) is 18.7 Å². The van der Waals surface area contributed by atoms with E-state index in [1.165, 1.54) is 23.2 Å². The van der Waals surface area contributed by atoms with Crippen molar-refractivity contribution in [2.75, 3.05) is 18.0 Å². The van der Waals surface area contributed by atoms with Crippen molar-refractivity contribution >= 4 is 11.5 Å². The second-order valence-corrected chi connectivity index (χ2v) is 3.85. The summed E-state index contributed by atoms with van der Waals surface area (Å²) in [7, 11) is 0. The number of alkyl halides is 3. The van der Waals surface area contributed by atoms with E-state index >= 15 is 0 Å². The molecule has 0 atom stereocenters. The molecule has 0 aromatic carbocycles. The lowest BCUT2D eigenvalue weighted by molar-refractivity contribution is -0.119. The molecule has 7 heteroatoms. The van der Waals surface area contributed by atoms with E-state index in [1.807, 2.05) is 0 Å². The molecule has 3 N–H and O–H groups in total. The Labute approximate surface area is 103 Å². The van der Waals surface area contributed by atoms with Crippen molar-refractivity contribution in [3.05, 3.63) is 24.0 Å². The molecule has 100 valence electrons. The lowest BCUT2D eigenvalue weighted by Gasteiger charge is -2.25. The molecule has 0 unspecified atom stereocenters. The Bertz CT molecular complexity index is 400. The number of hydrogen-bond acceptors (Lipinski definition) is 3. The van der Waals surface area contributed by atoms with E-state index < -0.39 is 12.7 Å². The van der Waals surface area contributed by atoms with Crippen LogP contribution in [0.1, 0.15) is 19.0 Å². The highest BCUT2D eigenvalue weighted by Gasteiger charge is 2.30. The van der Waals surface area contributed by atoms with Crippen molar-refractivity contribution < 1.29 is 13.2 Å². The van der Waals surface area contributed by atoms with Gasteiger partial charge in [0.1, 0.15) is 18.1 Å². The molecule has 0 fully saturated rings. The number of nitrogen functional groups attached to an aromatic ring is 1. The Morgan fingerprint density at radius 3 is 2.50 bits per heavy atom. The summed E-state index contributed by atoms with van der Waals surface area (Å²) in [6.45, 7) is 1.09. The van der Waals surface area contributed by atoms with Gasteiger partial charge in [0.15, 0.2) is 0 Å². The third-order valence-electron chi connectivity index (χ3n) is 2.25. The predicted molar refractivity (Wildman–Crippen MR) is 63.8 cm³/mol. The summed E-state index contributed by atoms with van der Waals surface area (Å²) in [5.41, 5.74) is 5.85. The van der Waals surface area contributed by atoms with Crippen LogP contribution in [0, 0.1) is 5.41 Å². The van der Waals surface area contributed by atoms with Crippen LogP contribution in [0.4, 0.5) is 18.9 Å². The van der Waals surface area contributed by atoms with Crippen molar-refractivity contribution in [3.8, 4) is 0 Å². The van der Waals surface area contributed by atoms with Crippen LogP contribution in [0.2, 0.25) is 0 Å². The summed E-state index contributed by atoms with van der Waals surface area (Å²) in [4.78, 5) is 5.06. The van der Waals surface area contributed by atoms with Gasteiger partial charge in [0.25, 0.3) is 0 Å². The minimum atomic E-state index is -4.26. The minimum Gasteiger partial charge on any atom is -0.382 e. The SMILES string of the molecule is CCCN(CC(F)(F)F)c1ccc(C(=N)N)nc1. The van der Waals surface area contributed by atoms with Gasteiger partial charge in [0.2, 0.25) is 0 Å². The Morgan fingerprint density at radius 1 is 1.44 bits per heavy atom. The molecule has 0 aliphatic carbocycles. The molecule has 0 spiro atoms. The van der Waals surface area contributed by atoms with Crippen molar-refractivity contribution in [2.24, 2.45) is 5.73 Å². The number of rotatable bonds is 5. The fourth-order valence-electron chi connectivity index (χ4n) is 1.52. The third kappa shape index (κ3) is 4.23.